The fraction of sp³-hybridized carbons (Fsp3) is 0.154. The maximum atomic E-state index is 13.0. The van der Waals surface area contributed by atoms with Gasteiger partial charge in [0.1, 0.15) is 0 Å². The van der Waals surface area contributed by atoms with Gasteiger partial charge in [0.25, 0.3) is 0 Å². The van der Waals surface area contributed by atoms with E-state index < -0.39 is 17.7 Å². The lowest BCUT2D eigenvalue weighted by Gasteiger charge is -2.12. The number of hydrogen-bond donors (Lipinski definition) is 0. The van der Waals surface area contributed by atoms with Crippen LogP contribution in [-0.2, 0) is 6.18 Å². The van der Waals surface area contributed by atoms with Crippen LogP contribution in [0.5, 0.6) is 0 Å². The smallest absolute Gasteiger partial charge is 0.227 e. The van der Waals surface area contributed by atoms with Crippen molar-refractivity contribution in [1.82, 2.24) is 4.98 Å². The molecule has 1 aromatic carbocycles. The SMILES string of the molecule is Cc1cc(-c2ccccc2C(F)(F)F)cnc1F. The molecule has 0 unspecified atom stereocenters. The highest BCUT2D eigenvalue weighted by Crippen LogP contribution is 2.36. The zero-order chi connectivity index (χ0) is 13.3. The van der Waals surface area contributed by atoms with Gasteiger partial charge in [0.15, 0.2) is 0 Å². The van der Waals surface area contributed by atoms with Crippen LogP contribution in [0.2, 0.25) is 0 Å². The summed E-state index contributed by atoms with van der Waals surface area (Å²) in [5, 5.41) is 0. The van der Waals surface area contributed by atoms with Gasteiger partial charge in [0.2, 0.25) is 5.95 Å². The van der Waals surface area contributed by atoms with Crippen molar-refractivity contribution in [2.24, 2.45) is 0 Å². The van der Waals surface area contributed by atoms with Crippen molar-refractivity contribution in [3.8, 4) is 11.1 Å². The first-order chi connectivity index (χ1) is 8.39. The summed E-state index contributed by atoms with van der Waals surface area (Å²) in [5.41, 5.74) is -0.287. The van der Waals surface area contributed by atoms with Crippen LogP contribution in [-0.4, -0.2) is 4.98 Å². The number of aryl methyl sites for hydroxylation is 1. The first-order valence-electron chi connectivity index (χ1n) is 5.18. The van der Waals surface area contributed by atoms with Gasteiger partial charge in [-0.05, 0) is 24.6 Å². The predicted octanol–water partition coefficient (Wildman–Crippen LogP) is 4.21. The number of nitrogens with zero attached hydrogens (tertiary/aromatic N) is 1. The molecule has 1 heterocycles. The first-order valence-corrected chi connectivity index (χ1v) is 5.18. The number of hydrogen-bond acceptors (Lipinski definition) is 1. The van der Waals surface area contributed by atoms with E-state index in [9.17, 15) is 17.6 Å². The molecule has 0 fully saturated rings. The lowest BCUT2D eigenvalue weighted by molar-refractivity contribution is -0.137. The Bertz CT molecular complexity index is 575. The molecule has 2 aromatic rings. The number of halogens is 4. The second kappa shape index (κ2) is 4.40. The Balaban J connectivity index is 2.61. The van der Waals surface area contributed by atoms with Gasteiger partial charge >= 0.3 is 6.18 Å². The zero-order valence-electron chi connectivity index (χ0n) is 9.42. The van der Waals surface area contributed by atoms with Crippen molar-refractivity contribution in [2.45, 2.75) is 13.1 Å². The summed E-state index contributed by atoms with van der Waals surface area (Å²) in [7, 11) is 0. The van der Waals surface area contributed by atoms with Crippen molar-refractivity contribution in [1.29, 1.82) is 0 Å². The maximum absolute atomic E-state index is 13.0. The van der Waals surface area contributed by atoms with Crippen LogP contribution in [0, 0.1) is 12.9 Å². The molecule has 5 heteroatoms. The molecule has 2 rings (SSSR count). The van der Waals surface area contributed by atoms with E-state index in [1.807, 2.05) is 0 Å². The molecule has 0 saturated carbocycles. The molecular weight excluding hydrogens is 246 g/mol. The lowest BCUT2D eigenvalue weighted by atomic mass is 10.00. The van der Waals surface area contributed by atoms with Crippen LogP contribution in [0.3, 0.4) is 0 Å². The molecule has 0 aliphatic carbocycles. The summed E-state index contributed by atoms with van der Waals surface area (Å²) in [6.45, 7) is 1.46. The van der Waals surface area contributed by atoms with Gasteiger partial charge in [0, 0.05) is 17.3 Å². The molecule has 0 amide bonds. The Morgan fingerprint density at radius 3 is 2.39 bits per heavy atom. The quantitative estimate of drug-likeness (QED) is 0.549. The topological polar surface area (TPSA) is 12.9 Å². The standard InChI is InChI=1S/C13H9F4N/c1-8-6-9(7-18-12(8)14)10-4-2-3-5-11(10)13(15,16)17/h2-7H,1H3. The first kappa shape index (κ1) is 12.5. The van der Waals surface area contributed by atoms with Crippen LogP contribution in [0.4, 0.5) is 17.6 Å². The van der Waals surface area contributed by atoms with Gasteiger partial charge in [-0.1, -0.05) is 18.2 Å². The van der Waals surface area contributed by atoms with Gasteiger partial charge in [-0.15, -0.1) is 0 Å². The average molecular weight is 255 g/mol. The second-order valence-electron chi connectivity index (χ2n) is 3.88. The van der Waals surface area contributed by atoms with Crippen LogP contribution >= 0.6 is 0 Å². The Labute approximate surface area is 101 Å². The van der Waals surface area contributed by atoms with E-state index in [-0.39, 0.29) is 16.7 Å². The Kier molecular flexibility index (Phi) is 3.07. The predicted molar refractivity (Wildman–Crippen MR) is 59.4 cm³/mol. The van der Waals surface area contributed by atoms with E-state index in [4.69, 9.17) is 0 Å². The number of alkyl halides is 3. The summed E-state index contributed by atoms with van der Waals surface area (Å²) in [4.78, 5) is 3.44. The fourth-order valence-electron chi connectivity index (χ4n) is 1.69. The number of rotatable bonds is 1. The van der Waals surface area contributed by atoms with E-state index in [1.165, 1.54) is 31.2 Å². The molecule has 1 aromatic heterocycles. The molecule has 94 valence electrons. The van der Waals surface area contributed by atoms with Gasteiger partial charge in [-0.2, -0.15) is 17.6 Å². The van der Waals surface area contributed by atoms with Gasteiger partial charge in [0.05, 0.1) is 5.56 Å². The van der Waals surface area contributed by atoms with E-state index in [1.54, 1.807) is 0 Å². The van der Waals surface area contributed by atoms with Crippen molar-refractivity contribution in [2.75, 3.05) is 0 Å². The monoisotopic (exact) mass is 255 g/mol. The van der Waals surface area contributed by atoms with Crippen molar-refractivity contribution < 1.29 is 17.6 Å². The zero-order valence-corrected chi connectivity index (χ0v) is 9.42. The normalized spacial score (nSPS) is 11.6. The van der Waals surface area contributed by atoms with Crippen molar-refractivity contribution in [3.63, 3.8) is 0 Å². The van der Waals surface area contributed by atoms with Gasteiger partial charge in [-0.25, -0.2) is 4.98 Å². The summed E-state index contributed by atoms with van der Waals surface area (Å²) in [5.74, 6) is -0.678. The summed E-state index contributed by atoms with van der Waals surface area (Å²) < 4.78 is 51.5. The van der Waals surface area contributed by atoms with Crippen LogP contribution in [0.15, 0.2) is 36.5 Å². The fourth-order valence-corrected chi connectivity index (χ4v) is 1.69. The Morgan fingerprint density at radius 2 is 1.78 bits per heavy atom. The molecule has 0 bridgehead atoms. The number of pyridine rings is 1. The third-order valence-electron chi connectivity index (χ3n) is 2.56. The molecule has 0 aliphatic rings. The number of benzene rings is 1. The third-order valence-corrected chi connectivity index (χ3v) is 2.56. The summed E-state index contributed by atoms with van der Waals surface area (Å²) in [6, 6.07) is 6.51. The molecule has 0 atom stereocenters. The second-order valence-corrected chi connectivity index (χ2v) is 3.88. The Hall–Kier alpha value is -1.91. The van der Waals surface area contributed by atoms with Gasteiger partial charge < -0.3 is 0 Å². The summed E-state index contributed by atoms with van der Waals surface area (Å²) in [6.07, 6.45) is -3.34. The molecule has 0 aliphatic heterocycles. The maximum Gasteiger partial charge on any atom is 0.417 e. The number of aromatic nitrogens is 1. The van der Waals surface area contributed by atoms with Crippen molar-refractivity contribution in [3.05, 3.63) is 53.6 Å². The van der Waals surface area contributed by atoms with Crippen LogP contribution in [0.1, 0.15) is 11.1 Å². The third kappa shape index (κ3) is 2.34. The lowest BCUT2D eigenvalue weighted by Crippen LogP contribution is -2.07. The highest BCUT2D eigenvalue weighted by Gasteiger charge is 2.33. The minimum atomic E-state index is -4.45. The van der Waals surface area contributed by atoms with Crippen LogP contribution in [0.25, 0.3) is 11.1 Å². The molecule has 0 spiro atoms. The molecule has 18 heavy (non-hydrogen) atoms. The highest BCUT2D eigenvalue weighted by molar-refractivity contribution is 5.67. The van der Waals surface area contributed by atoms with Crippen molar-refractivity contribution >= 4 is 0 Å². The molecule has 0 N–H and O–H groups in total. The summed E-state index contributed by atoms with van der Waals surface area (Å²) >= 11 is 0. The minimum absolute atomic E-state index is 0.000556. The molecular formula is C13H9F4N. The van der Waals surface area contributed by atoms with Gasteiger partial charge in [-0.3, -0.25) is 0 Å². The van der Waals surface area contributed by atoms with E-state index >= 15 is 0 Å². The van der Waals surface area contributed by atoms with E-state index in [2.05, 4.69) is 4.98 Å². The molecule has 0 saturated heterocycles. The van der Waals surface area contributed by atoms with E-state index in [0.717, 1.165) is 12.3 Å². The van der Waals surface area contributed by atoms with E-state index in [0.29, 0.717) is 0 Å². The highest BCUT2D eigenvalue weighted by atomic mass is 19.4. The molecule has 0 radical (unpaired) electrons. The molecule has 1 nitrogen and oxygen atoms in total. The van der Waals surface area contributed by atoms with Crippen LogP contribution < -0.4 is 0 Å². The average Bonchev–Trinajstić information content (AvgIpc) is 2.32. The Morgan fingerprint density at radius 1 is 1.11 bits per heavy atom. The largest absolute Gasteiger partial charge is 0.417 e. The minimum Gasteiger partial charge on any atom is -0.227 e.